The topological polar surface area (TPSA) is 29.5 Å². The summed E-state index contributed by atoms with van der Waals surface area (Å²) >= 11 is 0. The Morgan fingerprint density at radius 2 is 1.88 bits per heavy atom. The fourth-order valence-corrected chi connectivity index (χ4v) is 3.04. The van der Waals surface area contributed by atoms with Gasteiger partial charge in [-0.2, -0.15) is 0 Å². The number of aliphatic hydroxyl groups is 1. The molecule has 3 rings (SSSR count). The van der Waals surface area contributed by atoms with Gasteiger partial charge in [-0.3, -0.25) is 0 Å². The molecule has 0 saturated carbocycles. The van der Waals surface area contributed by atoms with Crippen LogP contribution in [-0.4, -0.2) is 23.9 Å². The first-order valence-corrected chi connectivity index (χ1v) is 6.66. The number of hydrogen-bond donors (Lipinski definition) is 1. The van der Waals surface area contributed by atoms with Crippen LogP contribution in [-0.2, 0) is 24.0 Å². The van der Waals surface area contributed by atoms with Crippen molar-refractivity contribution in [3.05, 3.63) is 34.9 Å². The number of fused-ring (bicyclic) bond motifs is 1. The highest BCUT2D eigenvalue weighted by atomic mass is 16.5. The van der Waals surface area contributed by atoms with Crippen molar-refractivity contribution in [3.8, 4) is 0 Å². The maximum atomic E-state index is 10.5. The van der Waals surface area contributed by atoms with E-state index in [-0.39, 0.29) is 0 Å². The summed E-state index contributed by atoms with van der Waals surface area (Å²) in [6.07, 6.45) is 6.05. The molecule has 17 heavy (non-hydrogen) atoms. The van der Waals surface area contributed by atoms with Crippen LogP contribution in [0.25, 0.3) is 0 Å². The van der Waals surface area contributed by atoms with Crippen LogP contribution >= 0.6 is 0 Å². The minimum absolute atomic E-state index is 0.537. The summed E-state index contributed by atoms with van der Waals surface area (Å²) in [6, 6.07) is 6.74. The molecule has 1 saturated heterocycles. The monoisotopic (exact) mass is 232 g/mol. The number of aryl methyl sites for hydroxylation is 2. The standard InChI is InChI=1S/C15H20O2/c16-15(6-8-17-9-7-15)11-12-4-5-13-2-1-3-14(13)10-12/h4-5,10,16H,1-3,6-9,11H2. The minimum Gasteiger partial charge on any atom is -0.389 e. The zero-order chi connectivity index (χ0) is 11.7. The van der Waals surface area contributed by atoms with Crippen molar-refractivity contribution >= 4 is 0 Å². The number of benzene rings is 1. The maximum Gasteiger partial charge on any atom is 0.0731 e. The molecule has 0 atom stereocenters. The van der Waals surface area contributed by atoms with Crippen molar-refractivity contribution in [2.75, 3.05) is 13.2 Å². The van der Waals surface area contributed by atoms with Crippen LogP contribution in [0.15, 0.2) is 18.2 Å². The molecule has 1 aliphatic heterocycles. The van der Waals surface area contributed by atoms with Gasteiger partial charge in [-0.25, -0.2) is 0 Å². The van der Waals surface area contributed by atoms with E-state index in [1.807, 2.05) is 0 Å². The molecule has 92 valence electrons. The predicted molar refractivity (Wildman–Crippen MR) is 67.2 cm³/mol. The Balaban J connectivity index is 1.76. The first-order valence-electron chi connectivity index (χ1n) is 6.66. The molecule has 2 nitrogen and oxygen atoms in total. The van der Waals surface area contributed by atoms with Gasteiger partial charge in [-0.1, -0.05) is 18.2 Å². The molecular formula is C15H20O2. The van der Waals surface area contributed by atoms with Gasteiger partial charge in [-0.15, -0.1) is 0 Å². The van der Waals surface area contributed by atoms with Gasteiger partial charge >= 0.3 is 0 Å². The molecule has 1 aliphatic carbocycles. The van der Waals surface area contributed by atoms with E-state index in [1.54, 1.807) is 0 Å². The zero-order valence-corrected chi connectivity index (χ0v) is 10.2. The molecule has 2 heteroatoms. The van der Waals surface area contributed by atoms with Crippen LogP contribution in [0, 0.1) is 0 Å². The van der Waals surface area contributed by atoms with Crippen molar-refractivity contribution in [2.24, 2.45) is 0 Å². The lowest BCUT2D eigenvalue weighted by molar-refractivity contribution is -0.0625. The molecule has 0 unspecified atom stereocenters. The van der Waals surface area contributed by atoms with Gasteiger partial charge in [0.15, 0.2) is 0 Å². The predicted octanol–water partition coefficient (Wildman–Crippen LogP) is 2.26. The smallest absolute Gasteiger partial charge is 0.0731 e. The van der Waals surface area contributed by atoms with Gasteiger partial charge < -0.3 is 9.84 Å². The molecule has 1 heterocycles. The zero-order valence-electron chi connectivity index (χ0n) is 10.2. The number of hydrogen-bond acceptors (Lipinski definition) is 2. The van der Waals surface area contributed by atoms with Crippen molar-refractivity contribution < 1.29 is 9.84 Å². The Kier molecular flexibility index (Phi) is 2.93. The van der Waals surface area contributed by atoms with Crippen molar-refractivity contribution in [2.45, 2.75) is 44.1 Å². The fourth-order valence-electron chi connectivity index (χ4n) is 3.04. The van der Waals surface area contributed by atoms with Crippen LogP contribution in [0.5, 0.6) is 0 Å². The van der Waals surface area contributed by atoms with E-state index in [0.29, 0.717) is 13.2 Å². The van der Waals surface area contributed by atoms with E-state index in [9.17, 15) is 5.11 Å². The average molecular weight is 232 g/mol. The largest absolute Gasteiger partial charge is 0.389 e. The number of ether oxygens (including phenoxy) is 1. The molecular weight excluding hydrogens is 212 g/mol. The molecule has 1 aromatic rings. The Bertz CT molecular complexity index is 405. The second-order valence-electron chi connectivity index (χ2n) is 5.47. The molecule has 0 radical (unpaired) electrons. The third-order valence-corrected chi connectivity index (χ3v) is 4.12. The second-order valence-corrected chi connectivity index (χ2v) is 5.47. The maximum absolute atomic E-state index is 10.5. The lowest BCUT2D eigenvalue weighted by Crippen LogP contribution is -2.38. The van der Waals surface area contributed by atoms with Gasteiger partial charge in [0.25, 0.3) is 0 Å². The summed E-state index contributed by atoms with van der Waals surface area (Å²) in [6.45, 7) is 1.39. The van der Waals surface area contributed by atoms with E-state index in [2.05, 4.69) is 18.2 Å². The first kappa shape index (κ1) is 11.2. The first-order chi connectivity index (χ1) is 8.25. The molecule has 1 N–H and O–H groups in total. The Morgan fingerprint density at radius 1 is 1.12 bits per heavy atom. The molecule has 2 aliphatic rings. The van der Waals surface area contributed by atoms with Crippen LogP contribution in [0.2, 0.25) is 0 Å². The van der Waals surface area contributed by atoms with Crippen molar-refractivity contribution in [3.63, 3.8) is 0 Å². The molecule has 0 aromatic heterocycles. The summed E-state index contributed by atoms with van der Waals surface area (Å²) < 4.78 is 5.32. The normalized spacial score (nSPS) is 22.4. The lowest BCUT2D eigenvalue weighted by Gasteiger charge is -2.32. The van der Waals surface area contributed by atoms with Crippen molar-refractivity contribution in [1.82, 2.24) is 0 Å². The Labute approximate surface area is 103 Å². The quantitative estimate of drug-likeness (QED) is 0.847. The fraction of sp³-hybridized carbons (Fsp3) is 0.600. The lowest BCUT2D eigenvalue weighted by atomic mass is 9.87. The molecule has 1 aromatic carbocycles. The van der Waals surface area contributed by atoms with Gasteiger partial charge in [0.05, 0.1) is 5.60 Å². The highest BCUT2D eigenvalue weighted by Gasteiger charge is 2.30. The molecule has 0 spiro atoms. The highest BCUT2D eigenvalue weighted by Crippen LogP contribution is 2.28. The molecule has 0 bridgehead atoms. The van der Waals surface area contributed by atoms with Gasteiger partial charge in [0, 0.05) is 19.6 Å². The third kappa shape index (κ3) is 2.38. The van der Waals surface area contributed by atoms with Crippen LogP contribution in [0.1, 0.15) is 36.0 Å². The van der Waals surface area contributed by atoms with Crippen LogP contribution in [0.3, 0.4) is 0 Å². The molecule has 1 fully saturated rings. The summed E-state index contributed by atoms with van der Waals surface area (Å²) in [5.41, 5.74) is 3.76. The van der Waals surface area contributed by atoms with Gasteiger partial charge in [0.2, 0.25) is 0 Å². The van der Waals surface area contributed by atoms with E-state index in [1.165, 1.54) is 36.0 Å². The molecule has 0 amide bonds. The van der Waals surface area contributed by atoms with E-state index in [0.717, 1.165) is 19.3 Å². The summed E-state index contributed by atoms with van der Waals surface area (Å²) in [5, 5.41) is 10.5. The Hall–Kier alpha value is -0.860. The third-order valence-electron chi connectivity index (χ3n) is 4.12. The van der Waals surface area contributed by atoms with Gasteiger partial charge in [-0.05, 0) is 48.8 Å². The minimum atomic E-state index is -0.537. The van der Waals surface area contributed by atoms with Crippen molar-refractivity contribution in [1.29, 1.82) is 0 Å². The van der Waals surface area contributed by atoms with Gasteiger partial charge in [0.1, 0.15) is 0 Å². The van der Waals surface area contributed by atoms with Crippen LogP contribution in [0.4, 0.5) is 0 Å². The van der Waals surface area contributed by atoms with E-state index >= 15 is 0 Å². The van der Waals surface area contributed by atoms with E-state index < -0.39 is 5.60 Å². The van der Waals surface area contributed by atoms with Crippen LogP contribution < -0.4 is 0 Å². The average Bonchev–Trinajstić information content (AvgIpc) is 2.76. The second kappa shape index (κ2) is 4.43. The summed E-state index contributed by atoms with van der Waals surface area (Å²) in [7, 11) is 0. The van der Waals surface area contributed by atoms with E-state index in [4.69, 9.17) is 4.74 Å². The summed E-state index contributed by atoms with van der Waals surface area (Å²) in [5.74, 6) is 0. The highest BCUT2D eigenvalue weighted by molar-refractivity contribution is 5.35. The number of rotatable bonds is 2. The Morgan fingerprint density at radius 3 is 2.71 bits per heavy atom. The SMILES string of the molecule is OC1(Cc2ccc3c(c2)CCC3)CCOCC1. The summed E-state index contributed by atoms with van der Waals surface area (Å²) in [4.78, 5) is 0.